The van der Waals surface area contributed by atoms with E-state index in [1.807, 2.05) is 78.7 Å². The highest BCUT2D eigenvalue weighted by Crippen LogP contribution is 2.44. The van der Waals surface area contributed by atoms with E-state index in [0.29, 0.717) is 30.0 Å². The zero-order valence-corrected chi connectivity index (χ0v) is 22.0. The second kappa shape index (κ2) is 9.64. The molecule has 1 unspecified atom stereocenters. The smallest absolute Gasteiger partial charge is 0.251 e. The average Bonchev–Trinajstić information content (AvgIpc) is 3.59. The van der Waals surface area contributed by atoms with E-state index >= 15 is 0 Å². The molecule has 0 bridgehead atoms. The van der Waals surface area contributed by atoms with Crippen LogP contribution in [0.1, 0.15) is 42.6 Å². The number of carbonyl (C=O) groups is 2. The first kappa shape index (κ1) is 24.1. The number of rotatable bonds is 5. The van der Waals surface area contributed by atoms with Crippen LogP contribution in [0, 0.1) is 0 Å². The summed E-state index contributed by atoms with van der Waals surface area (Å²) >= 11 is 0. The van der Waals surface area contributed by atoms with E-state index in [0.717, 1.165) is 57.8 Å². The molecule has 3 aliphatic rings. The van der Waals surface area contributed by atoms with Crippen LogP contribution in [0.2, 0.25) is 0 Å². The molecule has 1 aliphatic carbocycles. The number of pyridine rings is 2. The first-order chi connectivity index (χ1) is 19.5. The second-order valence-corrected chi connectivity index (χ2v) is 10.3. The molecule has 2 amide bonds. The van der Waals surface area contributed by atoms with Gasteiger partial charge in [-0.25, -0.2) is 4.98 Å². The van der Waals surface area contributed by atoms with Crippen LogP contribution in [0.5, 0.6) is 5.75 Å². The Morgan fingerprint density at radius 3 is 2.75 bits per heavy atom. The van der Waals surface area contributed by atoms with E-state index in [4.69, 9.17) is 4.74 Å². The number of aromatic nitrogens is 2. The largest absolute Gasteiger partial charge is 0.485 e. The van der Waals surface area contributed by atoms with Gasteiger partial charge < -0.3 is 20.3 Å². The highest BCUT2D eigenvalue weighted by molar-refractivity contribution is 6.08. The summed E-state index contributed by atoms with van der Waals surface area (Å²) in [7, 11) is 0. The zero-order valence-electron chi connectivity index (χ0n) is 22.0. The molecule has 0 saturated carbocycles. The minimum absolute atomic E-state index is 0.135. The van der Waals surface area contributed by atoms with E-state index in [2.05, 4.69) is 20.6 Å². The summed E-state index contributed by atoms with van der Waals surface area (Å²) in [5.74, 6) is 1.42. The van der Waals surface area contributed by atoms with Crippen molar-refractivity contribution in [3.05, 3.63) is 95.5 Å². The monoisotopic (exact) mass is 529 g/mol. The Morgan fingerprint density at radius 1 is 1.02 bits per heavy atom. The number of fused-ring (bicyclic) bond motifs is 4. The Balaban J connectivity index is 1.08. The van der Waals surface area contributed by atoms with Gasteiger partial charge in [-0.3, -0.25) is 14.6 Å². The second-order valence-electron chi connectivity index (χ2n) is 10.3. The third-order valence-electron chi connectivity index (χ3n) is 7.64. The Kier molecular flexibility index (Phi) is 5.81. The fourth-order valence-electron chi connectivity index (χ4n) is 5.64. The first-order valence-electron chi connectivity index (χ1n) is 13.4. The number of carbonyl (C=O) groups excluding carboxylic acids is 2. The van der Waals surface area contributed by atoms with Crippen molar-refractivity contribution in [3.63, 3.8) is 0 Å². The molecule has 4 heterocycles. The summed E-state index contributed by atoms with van der Waals surface area (Å²) in [6.07, 6.45) is 9.00. The van der Waals surface area contributed by atoms with Gasteiger partial charge in [0.1, 0.15) is 17.7 Å². The highest BCUT2D eigenvalue weighted by Gasteiger charge is 2.27. The maximum Gasteiger partial charge on any atom is 0.251 e. The number of anilines is 4. The number of amides is 2. The van der Waals surface area contributed by atoms with E-state index in [-0.39, 0.29) is 17.9 Å². The van der Waals surface area contributed by atoms with Gasteiger partial charge in [-0.2, -0.15) is 0 Å². The maximum atomic E-state index is 12.9. The molecule has 1 saturated heterocycles. The van der Waals surface area contributed by atoms with Crippen LogP contribution in [-0.4, -0.2) is 28.3 Å². The van der Waals surface area contributed by atoms with Gasteiger partial charge in [-0.05, 0) is 54.8 Å². The number of hydrogen-bond acceptors (Lipinski definition) is 6. The normalized spacial score (nSPS) is 16.9. The predicted octanol–water partition coefficient (Wildman–Crippen LogP) is 6.05. The number of benzene rings is 2. The number of hydrogen-bond donors (Lipinski definition) is 2. The molecule has 0 radical (unpaired) electrons. The van der Waals surface area contributed by atoms with Crippen LogP contribution < -0.4 is 20.3 Å². The SMILES string of the molecule is CC1Oc2cc(N3CCCC3=O)ccc2-c2cnc(Nc3cncc(NC(=O)C4=Cc5ccccc5C4)c3)cc21. The zero-order chi connectivity index (χ0) is 27.2. The molecule has 1 fully saturated rings. The summed E-state index contributed by atoms with van der Waals surface area (Å²) in [4.78, 5) is 35.9. The fraction of sp³-hybridized carbons (Fsp3) is 0.188. The van der Waals surface area contributed by atoms with Gasteiger partial charge in [0.2, 0.25) is 5.91 Å². The molecule has 40 heavy (non-hydrogen) atoms. The van der Waals surface area contributed by atoms with Crippen molar-refractivity contribution in [3.8, 4) is 16.9 Å². The Morgan fingerprint density at radius 2 is 1.90 bits per heavy atom. The number of nitrogens with one attached hydrogen (secondary N) is 2. The van der Waals surface area contributed by atoms with Crippen molar-refractivity contribution < 1.29 is 14.3 Å². The van der Waals surface area contributed by atoms with E-state index in [1.165, 1.54) is 0 Å². The topological polar surface area (TPSA) is 96.4 Å². The first-order valence-corrected chi connectivity index (χ1v) is 13.4. The van der Waals surface area contributed by atoms with Crippen LogP contribution in [-0.2, 0) is 16.0 Å². The third-order valence-corrected chi connectivity index (χ3v) is 7.64. The predicted molar refractivity (Wildman–Crippen MR) is 155 cm³/mol. The molecule has 8 nitrogen and oxygen atoms in total. The average molecular weight is 530 g/mol. The molecule has 0 spiro atoms. The van der Waals surface area contributed by atoms with Crippen molar-refractivity contribution in [2.75, 3.05) is 22.1 Å². The maximum absolute atomic E-state index is 12.9. The highest BCUT2D eigenvalue weighted by atomic mass is 16.5. The van der Waals surface area contributed by atoms with Gasteiger partial charge in [0.05, 0.1) is 23.8 Å². The molecular weight excluding hydrogens is 502 g/mol. The van der Waals surface area contributed by atoms with Crippen LogP contribution in [0.3, 0.4) is 0 Å². The third kappa shape index (κ3) is 4.37. The summed E-state index contributed by atoms with van der Waals surface area (Å²) in [5.41, 5.74) is 8.12. The van der Waals surface area contributed by atoms with Crippen LogP contribution in [0.15, 0.2) is 78.8 Å². The van der Waals surface area contributed by atoms with Crippen molar-refractivity contribution in [2.24, 2.45) is 0 Å². The fourth-order valence-corrected chi connectivity index (χ4v) is 5.64. The summed E-state index contributed by atoms with van der Waals surface area (Å²) in [5, 5.41) is 6.27. The van der Waals surface area contributed by atoms with Gasteiger partial charge in [-0.15, -0.1) is 0 Å². The van der Waals surface area contributed by atoms with Gasteiger partial charge in [-0.1, -0.05) is 24.3 Å². The lowest BCUT2D eigenvalue weighted by Gasteiger charge is -2.28. The lowest BCUT2D eigenvalue weighted by atomic mass is 9.94. The lowest BCUT2D eigenvalue weighted by molar-refractivity contribution is -0.117. The van der Waals surface area contributed by atoms with Gasteiger partial charge in [0.15, 0.2) is 0 Å². The van der Waals surface area contributed by atoms with Gasteiger partial charge in [0.25, 0.3) is 5.91 Å². The Bertz CT molecular complexity index is 1710. The lowest BCUT2D eigenvalue weighted by Crippen LogP contribution is -2.24. The molecule has 7 rings (SSSR count). The standard InChI is InChI=1S/C32H27N5O3/c1-19-27-15-30(34-18-28(27)26-9-8-25(14-29(26)40-19)37-10-4-7-31(37)38)35-23-13-24(17-33-16-23)36-32(39)22-11-20-5-2-3-6-21(20)12-22/h2-3,5-6,8-9,11,13-19H,4,7,10,12H2,1H3,(H,34,35)(H,36,39). The van der Waals surface area contributed by atoms with Gasteiger partial charge >= 0.3 is 0 Å². The molecule has 2 aromatic heterocycles. The molecule has 198 valence electrons. The summed E-state index contributed by atoms with van der Waals surface area (Å²) < 4.78 is 6.28. The minimum Gasteiger partial charge on any atom is -0.485 e. The number of nitrogens with zero attached hydrogens (tertiary/aromatic N) is 3. The molecule has 1 atom stereocenters. The van der Waals surface area contributed by atoms with Crippen LogP contribution in [0.4, 0.5) is 22.9 Å². The van der Waals surface area contributed by atoms with Crippen molar-refractivity contribution >= 4 is 40.8 Å². The van der Waals surface area contributed by atoms with Crippen molar-refractivity contribution in [1.82, 2.24) is 9.97 Å². The molecule has 2 aliphatic heterocycles. The number of ether oxygens (including phenoxy) is 1. The van der Waals surface area contributed by atoms with E-state index in [1.54, 1.807) is 12.4 Å². The molecular formula is C32H27N5O3. The van der Waals surface area contributed by atoms with E-state index < -0.39 is 0 Å². The summed E-state index contributed by atoms with van der Waals surface area (Å²) in [6, 6.07) is 17.8. The van der Waals surface area contributed by atoms with E-state index in [9.17, 15) is 9.59 Å². The minimum atomic E-state index is -0.192. The van der Waals surface area contributed by atoms with Gasteiger partial charge in [0, 0.05) is 59.6 Å². The molecule has 2 N–H and O–H groups in total. The summed E-state index contributed by atoms with van der Waals surface area (Å²) in [6.45, 7) is 2.75. The molecule has 2 aromatic carbocycles. The quantitative estimate of drug-likeness (QED) is 0.327. The van der Waals surface area contributed by atoms with Crippen molar-refractivity contribution in [2.45, 2.75) is 32.3 Å². The molecule has 4 aromatic rings. The Hall–Kier alpha value is -4.98. The van der Waals surface area contributed by atoms with Crippen LogP contribution >= 0.6 is 0 Å². The van der Waals surface area contributed by atoms with Crippen LogP contribution in [0.25, 0.3) is 17.2 Å². The molecule has 8 heteroatoms. The van der Waals surface area contributed by atoms with Crippen molar-refractivity contribution in [1.29, 1.82) is 0 Å². The Labute approximate surface area is 231 Å².